The zero-order valence-electron chi connectivity index (χ0n) is 25.0. The number of carbonyl (C=O) groups excluding carboxylic acids is 1. The second-order valence-corrected chi connectivity index (χ2v) is 12.1. The number of hydrogen-bond acceptors (Lipinski definition) is 7. The molecule has 0 bridgehead atoms. The van der Waals surface area contributed by atoms with Crippen LogP contribution in [0.3, 0.4) is 0 Å². The Labute approximate surface area is 239 Å². The van der Waals surface area contributed by atoms with Gasteiger partial charge < -0.3 is 23.8 Å². The molecule has 1 saturated carbocycles. The molecule has 1 amide bonds. The molecular formula is C32H47N3O5. The average Bonchev–Trinajstić information content (AvgIpc) is 2.95. The summed E-state index contributed by atoms with van der Waals surface area (Å²) in [4.78, 5) is 14.3. The van der Waals surface area contributed by atoms with Gasteiger partial charge in [-0.3, -0.25) is 0 Å². The molecule has 0 spiro atoms. The van der Waals surface area contributed by atoms with Crippen LogP contribution in [0.15, 0.2) is 30.3 Å². The number of aromatic nitrogens is 2. The molecule has 2 unspecified atom stereocenters. The normalized spacial score (nSPS) is 20.3. The van der Waals surface area contributed by atoms with Crippen molar-refractivity contribution in [2.75, 3.05) is 26.8 Å². The van der Waals surface area contributed by atoms with Crippen molar-refractivity contribution >= 4 is 6.09 Å². The summed E-state index contributed by atoms with van der Waals surface area (Å²) in [5.41, 5.74) is 2.59. The minimum atomic E-state index is -0.526. The summed E-state index contributed by atoms with van der Waals surface area (Å²) in [5, 5.41) is 8.98. The molecule has 220 valence electrons. The molecule has 1 aromatic carbocycles. The highest BCUT2D eigenvalue weighted by molar-refractivity contribution is 5.68. The highest BCUT2D eigenvalue weighted by atomic mass is 16.6. The fraction of sp³-hybridized carbons (Fsp3) is 0.656. The minimum absolute atomic E-state index is 0.130. The highest BCUT2D eigenvalue weighted by Crippen LogP contribution is 2.30. The second-order valence-electron chi connectivity index (χ2n) is 12.1. The largest absolute Gasteiger partial charge is 0.490 e. The van der Waals surface area contributed by atoms with E-state index >= 15 is 0 Å². The lowest BCUT2D eigenvalue weighted by molar-refractivity contribution is -0.0384. The standard InChI is InChI=1S/C32H47N3O5/c1-6-7-13-28-27(23-14-16-26(17-15-23)39-25-11-9-8-10-12-25)20-30(34-33-28)38-22-24-18-19-35(21-29(24)37-5)31(36)40-32(2,3)4/h14-17,20,24-25,29H,6-13,18-19,21-22H2,1-5H3. The van der Waals surface area contributed by atoms with E-state index in [-0.39, 0.29) is 18.1 Å². The first-order valence-corrected chi connectivity index (χ1v) is 15.0. The van der Waals surface area contributed by atoms with Gasteiger partial charge in [0, 0.05) is 31.2 Å². The third-order valence-electron chi connectivity index (χ3n) is 7.73. The number of piperidine rings is 1. The first-order valence-electron chi connectivity index (χ1n) is 15.0. The topological polar surface area (TPSA) is 83.0 Å². The van der Waals surface area contributed by atoms with E-state index in [9.17, 15) is 4.79 Å². The van der Waals surface area contributed by atoms with E-state index in [4.69, 9.17) is 18.9 Å². The van der Waals surface area contributed by atoms with Gasteiger partial charge in [-0.05, 0) is 83.4 Å². The number of benzene rings is 1. The van der Waals surface area contributed by atoms with Gasteiger partial charge in [0.05, 0.1) is 31.1 Å². The molecule has 2 atom stereocenters. The number of hydrogen-bond donors (Lipinski definition) is 0. The number of ether oxygens (including phenoxy) is 4. The van der Waals surface area contributed by atoms with Crippen LogP contribution in [0.4, 0.5) is 4.79 Å². The fourth-order valence-electron chi connectivity index (χ4n) is 5.44. The summed E-state index contributed by atoms with van der Waals surface area (Å²) in [6.07, 6.45) is 9.75. The molecule has 1 aliphatic carbocycles. The van der Waals surface area contributed by atoms with Crippen LogP contribution < -0.4 is 9.47 Å². The Kier molecular flexibility index (Phi) is 10.6. The third kappa shape index (κ3) is 8.56. The summed E-state index contributed by atoms with van der Waals surface area (Å²) < 4.78 is 23.7. The Bertz CT molecular complexity index is 1080. The molecule has 40 heavy (non-hydrogen) atoms. The molecule has 1 saturated heterocycles. The Hall–Kier alpha value is -2.87. The summed E-state index contributed by atoms with van der Waals surface area (Å²) >= 11 is 0. The quantitative estimate of drug-likeness (QED) is 0.318. The Balaban J connectivity index is 1.41. The van der Waals surface area contributed by atoms with Gasteiger partial charge in [-0.25, -0.2) is 4.79 Å². The predicted octanol–water partition coefficient (Wildman–Crippen LogP) is 6.85. The maximum absolute atomic E-state index is 12.6. The minimum Gasteiger partial charge on any atom is -0.490 e. The van der Waals surface area contributed by atoms with Crippen LogP contribution in [0.2, 0.25) is 0 Å². The van der Waals surface area contributed by atoms with Crippen molar-refractivity contribution in [1.29, 1.82) is 0 Å². The molecule has 8 heteroatoms. The van der Waals surface area contributed by atoms with Crippen molar-refractivity contribution in [2.45, 2.75) is 103 Å². The van der Waals surface area contributed by atoms with E-state index in [0.29, 0.717) is 31.7 Å². The average molecular weight is 554 g/mol. The molecule has 8 nitrogen and oxygen atoms in total. The van der Waals surface area contributed by atoms with Gasteiger partial charge in [-0.15, -0.1) is 5.10 Å². The van der Waals surface area contributed by atoms with Crippen LogP contribution in [-0.2, 0) is 15.9 Å². The molecular weight excluding hydrogens is 506 g/mol. The number of methoxy groups -OCH3 is 1. The molecule has 2 fully saturated rings. The van der Waals surface area contributed by atoms with E-state index in [2.05, 4.69) is 41.4 Å². The van der Waals surface area contributed by atoms with E-state index in [1.807, 2.05) is 26.8 Å². The van der Waals surface area contributed by atoms with Crippen molar-refractivity contribution in [1.82, 2.24) is 15.1 Å². The van der Waals surface area contributed by atoms with Gasteiger partial charge in [0.1, 0.15) is 11.4 Å². The Morgan fingerprint density at radius 1 is 1.05 bits per heavy atom. The number of likely N-dealkylation sites (tertiary alicyclic amines) is 1. The number of aryl methyl sites for hydroxylation is 1. The summed E-state index contributed by atoms with van der Waals surface area (Å²) in [5.74, 6) is 1.56. The Morgan fingerprint density at radius 2 is 1.80 bits per heavy atom. The van der Waals surface area contributed by atoms with Crippen molar-refractivity contribution in [3.05, 3.63) is 36.0 Å². The molecule has 4 rings (SSSR count). The van der Waals surface area contributed by atoms with Crippen molar-refractivity contribution in [3.63, 3.8) is 0 Å². The number of rotatable bonds is 10. The van der Waals surface area contributed by atoms with Gasteiger partial charge in [0.25, 0.3) is 0 Å². The fourth-order valence-corrected chi connectivity index (χ4v) is 5.44. The molecule has 1 aliphatic heterocycles. The predicted molar refractivity (Wildman–Crippen MR) is 156 cm³/mol. The van der Waals surface area contributed by atoms with Gasteiger partial charge in [0.15, 0.2) is 0 Å². The van der Waals surface area contributed by atoms with Crippen molar-refractivity contribution in [2.24, 2.45) is 5.92 Å². The molecule has 2 heterocycles. The van der Waals surface area contributed by atoms with E-state index < -0.39 is 5.60 Å². The monoisotopic (exact) mass is 553 g/mol. The molecule has 2 aromatic rings. The number of nitrogens with zero attached hydrogens (tertiary/aromatic N) is 3. The summed E-state index contributed by atoms with van der Waals surface area (Å²) in [7, 11) is 1.68. The molecule has 2 aliphatic rings. The van der Waals surface area contributed by atoms with Crippen LogP contribution in [0.1, 0.15) is 84.8 Å². The lowest BCUT2D eigenvalue weighted by atomic mass is 9.94. The lowest BCUT2D eigenvalue weighted by Gasteiger charge is -2.38. The Morgan fingerprint density at radius 3 is 2.48 bits per heavy atom. The van der Waals surface area contributed by atoms with Gasteiger partial charge in [-0.1, -0.05) is 31.9 Å². The molecule has 1 aromatic heterocycles. The van der Waals surface area contributed by atoms with Gasteiger partial charge in [0.2, 0.25) is 5.88 Å². The SMILES string of the molecule is CCCCc1nnc(OCC2CCN(C(=O)OC(C)(C)C)CC2OC)cc1-c1ccc(OC2CCCCC2)cc1. The zero-order valence-corrected chi connectivity index (χ0v) is 25.0. The molecule has 0 radical (unpaired) electrons. The smallest absolute Gasteiger partial charge is 0.410 e. The van der Waals surface area contributed by atoms with Gasteiger partial charge in [-0.2, -0.15) is 5.10 Å². The maximum Gasteiger partial charge on any atom is 0.410 e. The van der Waals surface area contributed by atoms with Gasteiger partial charge >= 0.3 is 6.09 Å². The van der Waals surface area contributed by atoms with Crippen LogP contribution in [0.5, 0.6) is 11.6 Å². The first kappa shape index (κ1) is 30.1. The lowest BCUT2D eigenvalue weighted by Crippen LogP contribution is -2.50. The van der Waals surface area contributed by atoms with E-state index in [1.165, 1.54) is 19.3 Å². The third-order valence-corrected chi connectivity index (χ3v) is 7.73. The van der Waals surface area contributed by atoms with E-state index in [0.717, 1.165) is 61.1 Å². The van der Waals surface area contributed by atoms with Crippen molar-refractivity contribution < 1.29 is 23.7 Å². The maximum atomic E-state index is 12.6. The number of unbranched alkanes of at least 4 members (excludes halogenated alkanes) is 1. The van der Waals surface area contributed by atoms with Crippen molar-refractivity contribution in [3.8, 4) is 22.8 Å². The van der Waals surface area contributed by atoms with Crippen LogP contribution >= 0.6 is 0 Å². The van der Waals surface area contributed by atoms with Crippen LogP contribution in [0.25, 0.3) is 11.1 Å². The first-order chi connectivity index (χ1) is 19.3. The zero-order chi connectivity index (χ0) is 28.5. The van der Waals surface area contributed by atoms with E-state index in [1.54, 1.807) is 12.0 Å². The number of carbonyl (C=O) groups is 1. The van der Waals surface area contributed by atoms with Crippen LogP contribution in [-0.4, -0.2) is 65.8 Å². The highest BCUT2D eigenvalue weighted by Gasteiger charge is 2.34. The summed E-state index contributed by atoms with van der Waals surface area (Å²) in [6, 6.07) is 10.4. The summed E-state index contributed by atoms with van der Waals surface area (Å²) in [6.45, 7) is 9.33. The number of amides is 1. The van der Waals surface area contributed by atoms with Crippen LogP contribution in [0, 0.1) is 5.92 Å². The second kappa shape index (κ2) is 14.2. The molecule has 0 N–H and O–H groups in total.